The number of nitrogens with zero attached hydrogens (tertiary/aromatic N) is 2. The van der Waals surface area contributed by atoms with Gasteiger partial charge < -0.3 is 14.6 Å². The number of carbonyl (C=O) groups is 1. The largest absolute Gasteiger partial charge is 0.493 e. The smallest absolute Gasteiger partial charge is 0.353 e. The number of carboxylic acid groups (broad SMARTS) is 1. The summed E-state index contributed by atoms with van der Waals surface area (Å²) in [6.07, 6.45) is 1.70. The Morgan fingerprint density at radius 2 is 1.92 bits per heavy atom. The van der Waals surface area contributed by atoms with Crippen molar-refractivity contribution in [2.45, 2.75) is 26.3 Å². The Kier molecular flexibility index (Phi) is 5.36. The molecule has 8 nitrogen and oxygen atoms in total. The Balaban J connectivity index is 2.60. The summed E-state index contributed by atoms with van der Waals surface area (Å²) in [5.41, 5.74) is 0.0933. The summed E-state index contributed by atoms with van der Waals surface area (Å²) < 4.78 is 40.0. The number of carboxylic acids is 1. The lowest BCUT2D eigenvalue weighted by Gasteiger charge is -2.30. The minimum atomic E-state index is -4.16. The maximum atomic E-state index is 12.5. The van der Waals surface area contributed by atoms with Gasteiger partial charge in [0.25, 0.3) is 0 Å². The van der Waals surface area contributed by atoms with Crippen LogP contribution in [0.2, 0.25) is 0 Å². The van der Waals surface area contributed by atoms with Crippen molar-refractivity contribution >= 4 is 21.9 Å². The second-order valence-electron chi connectivity index (χ2n) is 5.41. The molecule has 1 N–H and O–H groups in total. The van der Waals surface area contributed by atoms with Crippen molar-refractivity contribution in [1.82, 2.24) is 4.31 Å². The summed E-state index contributed by atoms with van der Waals surface area (Å²) in [7, 11) is -1.23. The van der Waals surface area contributed by atoms with Gasteiger partial charge in [-0.2, -0.15) is 8.42 Å². The quantitative estimate of drug-likeness (QED) is 0.821. The molecule has 0 unspecified atom stereocenters. The fraction of sp³-hybridized carbons (Fsp3) is 0.375. The van der Waals surface area contributed by atoms with Crippen molar-refractivity contribution < 1.29 is 27.8 Å². The third-order valence-electron chi connectivity index (χ3n) is 3.86. The van der Waals surface area contributed by atoms with Crippen LogP contribution in [0.1, 0.15) is 25.8 Å². The Morgan fingerprint density at radius 3 is 2.44 bits per heavy atom. The molecule has 0 bridgehead atoms. The molecule has 0 saturated carbocycles. The number of benzene rings is 1. The topological polar surface area (TPSA) is 106 Å². The Morgan fingerprint density at radius 1 is 1.28 bits per heavy atom. The van der Waals surface area contributed by atoms with Gasteiger partial charge in [-0.25, -0.2) is 9.10 Å². The number of methoxy groups -OCH3 is 2. The molecule has 0 amide bonds. The molecule has 0 saturated heterocycles. The molecule has 0 aromatic heterocycles. The molecule has 0 spiro atoms. The first-order valence-electron chi connectivity index (χ1n) is 7.56. The van der Waals surface area contributed by atoms with Gasteiger partial charge in [0.2, 0.25) is 0 Å². The summed E-state index contributed by atoms with van der Waals surface area (Å²) in [6.45, 7) is 3.40. The van der Waals surface area contributed by atoms with Crippen LogP contribution in [0, 0.1) is 0 Å². The van der Waals surface area contributed by atoms with Crippen LogP contribution in [-0.2, 0) is 15.0 Å². The molecule has 0 fully saturated rings. The second-order valence-corrected chi connectivity index (χ2v) is 6.88. The average molecular weight is 368 g/mol. The van der Waals surface area contributed by atoms with Gasteiger partial charge in [-0.15, -0.1) is 4.40 Å². The predicted molar refractivity (Wildman–Crippen MR) is 92.3 cm³/mol. The van der Waals surface area contributed by atoms with Gasteiger partial charge in [-0.3, -0.25) is 0 Å². The van der Waals surface area contributed by atoms with E-state index in [2.05, 4.69) is 4.40 Å². The minimum Gasteiger partial charge on any atom is -0.493 e. The highest BCUT2D eigenvalue weighted by molar-refractivity contribution is 7.88. The molecule has 0 aliphatic carbocycles. The van der Waals surface area contributed by atoms with Crippen LogP contribution < -0.4 is 9.47 Å². The standard InChI is InChI=1S/C16H20N2O6S/c1-5-10(2)18-13(16(19)20)9-12(17-25(18,21)22)11-6-7-14(23-3)15(8-11)24-4/h6-10H,5H2,1-4H3,(H,19,20)/t10-/m1/s1. The van der Waals surface area contributed by atoms with E-state index in [0.29, 0.717) is 23.5 Å². The van der Waals surface area contributed by atoms with E-state index in [1.807, 2.05) is 0 Å². The van der Waals surface area contributed by atoms with Crippen LogP contribution in [0.25, 0.3) is 0 Å². The molecule has 1 aliphatic rings. The first kappa shape index (κ1) is 18.8. The highest BCUT2D eigenvalue weighted by Gasteiger charge is 2.35. The van der Waals surface area contributed by atoms with Crippen molar-refractivity contribution in [3.8, 4) is 11.5 Å². The SMILES string of the molecule is CC[C@@H](C)N1C(C(=O)O)=CC(c2ccc(OC)c(OC)c2)=NS1(=O)=O. The molecule has 25 heavy (non-hydrogen) atoms. The van der Waals surface area contributed by atoms with Crippen molar-refractivity contribution in [1.29, 1.82) is 0 Å². The molecular formula is C16H20N2O6S. The van der Waals surface area contributed by atoms with Crippen molar-refractivity contribution in [3.05, 3.63) is 35.5 Å². The van der Waals surface area contributed by atoms with Crippen LogP contribution in [-0.4, -0.2) is 49.8 Å². The maximum absolute atomic E-state index is 12.5. The third kappa shape index (κ3) is 3.60. The number of ether oxygens (including phenoxy) is 2. The van der Waals surface area contributed by atoms with Crippen LogP contribution in [0.3, 0.4) is 0 Å². The lowest BCUT2D eigenvalue weighted by Crippen LogP contribution is -2.41. The third-order valence-corrected chi connectivity index (χ3v) is 5.34. The van der Waals surface area contributed by atoms with E-state index < -0.39 is 22.2 Å². The lowest BCUT2D eigenvalue weighted by atomic mass is 10.1. The van der Waals surface area contributed by atoms with Gasteiger partial charge in [0.1, 0.15) is 5.70 Å². The summed E-state index contributed by atoms with van der Waals surface area (Å²) in [5.74, 6) is -0.485. The van der Waals surface area contributed by atoms with Crippen molar-refractivity contribution in [2.75, 3.05) is 14.2 Å². The molecular weight excluding hydrogens is 348 g/mol. The molecule has 1 heterocycles. The molecule has 1 aromatic rings. The van der Waals surface area contributed by atoms with E-state index in [1.165, 1.54) is 20.3 Å². The van der Waals surface area contributed by atoms with E-state index in [0.717, 1.165) is 4.31 Å². The monoisotopic (exact) mass is 368 g/mol. The Bertz CT molecular complexity index is 844. The Hall–Kier alpha value is -2.55. The molecule has 0 radical (unpaired) electrons. The molecule has 9 heteroatoms. The van der Waals surface area contributed by atoms with E-state index in [1.54, 1.807) is 32.0 Å². The van der Waals surface area contributed by atoms with E-state index in [4.69, 9.17) is 9.47 Å². The first-order chi connectivity index (χ1) is 11.7. The summed E-state index contributed by atoms with van der Waals surface area (Å²) in [4.78, 5) is 11.6. The molecule has 136 valence electrons. The van der Waals surface area contributed by atoms with Crippen LogP contribution in [0.15, 0.2) is 34.4 Å². The molecule has 1 atom stereocenters. The zero-order chi connectivity index (χ0) is 18.8. The molecule has 1 aliphatic heterocycles. The predicted octanol–water partition coefficient (Wildman–Crippen LogP) is 1.82. The van der Waals surface area contributed by atoms with Gasteiger partial charge in [0.15, 0.2) is 11.5 Å². The van der Waals surface area contributed by atoms with E-state index in [9.17, 15) is 18.3 Å². The van der Waals surface area contributed by atoms with Gasteiger partial charge >= 0.3 is 16.2 Å². The van der Waals surface area contributed by atoms with Gasteiger partial charge in [-0.05, 0) is 37.6 Å². The summed E-state index contributed by atoms with van der Waals surface area (Å²) in [6, 6.07) is 4.20. The van der Waals surface area contributed by atoms with Crippen LogP contribution in [0.5, 0.6) is 11.5 Å². The summed E-state index contributed by atoms with van der Waals surface area (Å²) in [5, 5.41) is 9.46. The van der Waals surface area contributed by atoms with E-state index in [-0.39, 0.29) is 11.4 Å². The Labute approximate surface area is 146 Å². The zero-order valence-electron chi connectivity index (χ0n) is 14.4. The summed E-state index contributed by atoms with van der Waals surface area (Å²) >= 11 is 0. The maximum Gasteiger partial charge on any atom is 0.353 e. The second kappa shape index (κ2) is 7.14. The fourth-order valence-corrected chi connectivity index (χ4v) is 3.91. The first-order valence-corrected chi connectivity index (χ1v) is 8.96. The zero-order valence-corrected chi connectivity index (χ0v) is 15.2. The van der Waals surface area contributed by atoms with Crippen molar-refractivity contribution in [2.24, 2.45) is 4.40 Å². The highest BCUT2D eigenvalue weighted by atomic mass is 32.2. The molecule has 1 aromatic carbocycles. The van der Waals surface area contributed by atoms with Gasteiger partial charge in [0.05, 0.1) is 19.9 Å². The lowest BCUT2D eigenvalue weighted by molar-refractivity contribution is -0.134. The van der Waals surface area contributed by atoms with Gasteiger partial charge in [0, 0.05) is 11.6 Å². The van der Waals surface area contributed by atoms with Crippen molar-refractivity contribution in [3.63, 3.8) is 0 Å². The number of aliphatic carboxylic acids is 1. The van der Waals surface area contributed by atoms with E-state index >= 15 is 0 Å². The molecule has 2 rings (SSSR count). The number of hydrogen-bond acceptors (Lipinski definition) is 5. The number of hydrogen-bond donors (Lipinski definition) is 1. The number of rotatable bonds is 6. The fourth-order valence-electron chi connectivity index (χ4n) is 2.43. The minimum absolute atomic E-state index is 0.0258. The number of allylic oxidation sites excluding steroid dienone is 1. The average Bonchev–Trinajstić information content (AvgIpc) is 2.58. The van der Waals surface area contributed by atoms with Crippen LogP contribution >= 0.6 is 0 Å². The normalized spacial score (nSPS) is 17.4. The highest BCUT2D eigenvalue weighted by Crippen LogP contribution is 2.30. The van der Waals surface area contributed by atoms with Crippen LogP contribution in [0.4, 0.5) is 0 Å². The van der Waals surface area contributed by atoms with Gasteiger partial charge in [-0.1, -0.05) is 6.92 Å².